The van der Waals surface area contributed by atoms with E-state index in [1.807, 2.05) is 24.4 Å². The van der Waals surface area contributed by atoms with Crippen LogP contribution in [0.4, 0.5) is 0 Å². The average molecular weight is 364 g/mol. The molecule has 136 valence electrons. The molecular weight excluding hydrogens is 340 g/mol. The van der Waals surface area contributed by atoms with Crippen molar-refractivity contribution in [3.63, 3.8) is 0 Å². The van der Waals surface area contributed by atoms with Gasteiger partial charge in [0.15, 0.2) is 0 Å². The monoisotopic (exact) mass is 364 g/mol. The lowest BCUT2D eigenvalue weighted by Crippen LogP contribution is -2.56. The second kappa shape index (κ2) is 6.88. The summed E-state index contributed by atoms with van der Waals surface area (Å²) < 4.78 is 5.33. The quantitative estimate of drug-likeness (QED) is 0.618. The van der Waals surface area contributed by atoms with Gasteiger partial charge in [0.25, 0.3) is 0 Å². The van der Waals surface area contributed by atoms with Crippen LogP contribution in [0.1, 0.15) is 44.5 Å². The minimum Gasteiger partial charge on any atom is -0.465 e. The number of fused-ring (bicyclic) bond motifs is 1. The van der Waals surface area contributed by atoms with E-state index < -0.39 is 23.3 Å². The molecule has 0 aliphatic carbocycles. The van der Waals surface area contributed by atoms with Crippen molar-refractivity contribution in [1.29, 1.82) is 0 Å². The van der Waals surface area contributed by atoms with Gasteiger partial charge in [-0.2, -0.15) is 0 Å². The molecule has 6 nitrogen and oxygen atoms in total. The van der Waals surface area contributed by atoms with Crippen LogP contribution in [-0.4, -0.2) is 41.4 Å². The molecule has 7 heteroatoms. The highest BCUT2D eigenvalue weighted by Crippen LogP contribution is 2.51. The number of carbonyl (C=O) groups is 3. The zero-order valence-corrected chi connectivity index (χ0v) is 15.6. The summed E-state index contributed by atoms with van der Waals surface area (Å²) in [4.78, 5) is 41.1. The lowest BCUT2D eigenvalue weighted by Gasteiger charge is -2.32. The van der Waals surface area contributed by atoms with Crippen molar-refractivity contribution in [3.8, 4) is 0 Å². The second-order valence-electron chi connectivity index (χ2n) is 6.50. The predicted molar refractivity (Wildman–Crippen MR) is 93.8 cm³/mol. The Kier molecular flexibility index (Phi) is 4.97. The van der Waals surface area contributed by atoms with Crippen LogP contribution < -0.4 is 5.32 Å². The third kappa shape index (κ3) is 2.60. The minimum absolute atomic E-state index is 0.189. The molecular formula is C18H24N2O4S. The number of likely N-dealkylation sites (tertiary alicyclic amines) is 1. The summed E-state index contributed by atoms with van der Waals surface area (Å²) in [6.45, 7) is 6.07. The Hall–Kier alpha value is -1.73. The van der Waals surface area contributed by atoms with Gasteiger partial charge < -0.3 is 4.74 Å². The Morgan fingerprint density at radius 1 is 1.32 bits per heavy atom. The van der Waals surface area contributed by atoms with Crippen molar-refractivity contribution in [3.05, 3.63) is 22.4 Å². The van der Waals surface area contributed by atoms with Crippen molar-refractivity contribution in [2.45, 2.75) is 45.2 Å². The molecule has 3 heterocycles. The van der Waals surface area contributed by atoms with E-state index in [0.717, 1.165) is 4.88 Å². The maximum atomic E-state index is 13.0. The molecule has 0 spiro atoms. The number of carbonyl (C=O) groups excluding carboxylic acids is 3. The fourth-order valence-corrected chi connectivity index (χ4v) is 5.08. The smallest absolute Gasteiger partial charge is 0.327 e. The minimum atomic E-state index is -1.14. The number of amides is 2. The van der Waals surface area contributed by atoms with Gasteiger partial charge in [-0.25, -0.2) is 0 Å². The van der Waals surface area contributed by atoms with Gasteiger partial charge in [-0.3, -0.25) is 24.6 Å². The SMILES string of the molecule is CCC[C@@]1(C(=O)OCC)N[C@@H](c2cccs2)[C@H]2C(=O)N(CC)C(=O)[C@H]21. The molecule has 1 N–H and O–H groups in total. The molecule has 3 rings (SSSR count). The van der Waals surface area contributed by atoms with Crippen LogP contribution in [0.25, 0.3) is 0 Å². The third-order valence-corrected chi connectivity index (χ3v) is 6.15. The highest BCUT2D eigenvalue weighted by Gasteiger charge is 2.68. The van der Waals surface area contributed by atoms with Crippen molar-refractivity contribution in [2.24, 2.45) is 11.8 Å². The molecule has 0 saturated carbocycles. The van der Waals surface area contributed by atoms with E-state index in [1.165, 1.54) is 16.2 Å². The van der Waals surface area contributed by atoms with E-state index >= 15 is 0 Å². The summed E-state index contributed by atoms with van der Waals surface area (Å²) in [6, 6.07) is 3.52. The van der Waals surface area contributed by atoms with Crippen LogP contribution in [0.3, 0.4) is 0 Å². The van der Waals surface area contributed by atoms with Crippen LogP contribution in [0.2, 0.25) is 0 Å². The molecule has 0 radical (unpaired) electrons. The topological polar surface area (TPSA) is 75.7 Å². The lowest BCUT2D eigenvalue weighted by molar-refractivity contribution is -0.156. The van der Waals surface area contributed by atoms with E-state index in [-0.39, 0.29) is 24.5 Å². The highest BCUT2D eigenvalue weighted by atomic mass is 32.1. The Morgan fingerprint density at radius 3 is 2.64 bits per heavy atom. The largest absolute Gasteiger partial charge is 0.465 e. The normalized spacial score (nSPS) is 31.5. The van der Waals surface area contributed by atoms with E-state index in [1.54, 1.807) is 13.8 Å². The number of rotatable bonds is 6. The van der Waals surface area contributed by atoms with Crippen LogP contribution in [0, 0.1) is 11.8 Å². The van der Waals surface area contributed by atoms with Crippen LogP contribution in [0.5, 0.6) is 0 Å². The summed E-state index contributed by atoms with van der Waals surface area (Å²) >= 11 is 1.53. The zero-order valence-electron chi connectivity index (χ0n) is 14.8. The van der Waals surface area contributed by atoms with E-state index in [4.69, 9.17) is 4.74 Å². The predicted octanol–water partition coefficient (Wildman–Crippen LogP) is 2.12. The van der Waals surface area contributed by atoms with E-state index in [9.17, 15) is 14.4 Å². The standard InChI is InChI=1S/C18H24N2O4S/c1-4-9-18(17(23)24-6-3)13-12(15(21)20(5-2)16(13)22)14(19-18)11-8-7-10-25-11/h7-8,10,12-14,19H,4-6,9H2,1-3H3/t12-,13-,14-,18+/m0/s1. The lowest BCUT2D eigenvalue weighted by atomic mass is 9.77. The fourth-order valence-electron chi connectivity index (χ4n) is 4.26. The first-order chi connectivity index (χ1) is 12.0. The zero-order chi connectivity index (χ0) is 18.2. The van der Waals surface area contributed by atoms with Gasteiger partial charge in [-0.15, -0.1) is 11.3 Å². The van der Waals surface area contributed by atoms with Crippen molar-refractivity contribution in [1.82, 2.24) is 10.2 Å². The van der Waals surface area contributed by atoms with Gasteiger partial charge >= 0.3 is 5.97 Å². The molecule has 1 aromatic heterocycles. The maximum Gasteiger partial charge on any atom is 0.327 e. The first-order valence-electron chi connectivity index (χ1n) is 8.85. The summed E-state index contributed by atoms with van der Waals surface area (Å²) in [6.07, 6.45) is 1.17. The van der Waals surface area contributed by atoms with Crippen molar-refractivity contribution < 1.29 is 19.1 Å². The second-order valence-corrected chi connectivity index (χ2v) is 7.48. The Morgan fingerprint density at radius 2 is 2.08 bits per heavy atom. The number of hydrogen-bond donors (Lipinski definition) is 1. The first-order valence-corrected chi connectivity index (χ1v) is 9.73. The van der Waals surface area contributed by atoms with Crippen LogP contribution in [-0.2, 0) is 19.1 Å². The number of hydrogen-bond acceptors (Lipinski definition) is 6. The van der Waals surface area contributed by atoms with Gasteiger partial charge in [-0.05, 0) is 31.7 Å². The first kappa shape index (κ1) is 18.1. The third-order valence-electron chi connectivity index (χ3n) is 5.20. The molecule has 2 amide bonds. The average Bonchev–Trinajstić information content (AvgIpc) is 3.26. The Bertz CT molecular complexity index is 675. The number of nitrogens with one attached hydrogen (secondary N) is 1. The van der Waals surface area contributed by atoms with Crippen molar-refractivity contribution in [2.75, 3.05) is 13.2 Å². The van der Waals surface area contributed by atoms with Crippen LogP contribution in [0.15, 0.2) is 17.5 Å². The van der Waals surface area contributed by atoms with Gasteiger partial charge in [0.2, 0.25) is 11.8 Å². The molecule has 2 aliphatic rings. The van der Waals surface area contributed by atoms with Crippen molar-refractivity contribution >= 4 is 29.1 Å². The molecule has 25 heavy (non-hydrogen) atoms. The number of nitrogens with zero attached hydrogens (tertiary/aromatic N) is 1. The maximum absolute atomic E-state index is 13.0. The number of esters is 1. The molecule has 0 aromatic carbocycles. The van der Waals surface area contributed by atoms with E-state index in [2.05, 4.69) is 5.32 Å². The molecule has 2 fully saturated rings. The number of thiophene rings is 1. The molecule has 0 unspecified atom stereocenters. The van der Waals surface area contributed by atoms with Crippen LogP contribution >= 0.6 is 11.3 Å². The fraction of sp³-hybridized carbons (Fsp3) is 0.611. The van der Waals surface area contributed by atoms with Gasteiger partial charge in [0, 0.05) is 11.4 Å². The summed E-state index contributed by atoms with van der Waals surface area (Å²) in [7, 11) is 0. The molecule has 4 atom stereocenters. The van der Waals surface area contributed by atoms with Gasteiger partial charge in [0.05, 0.1) is 24.5 Å². The Labute approximate surface area is 151 Å². The van der Waals surface area contributed by atoms with E-state index in [0.29, 0.717) is 19.4 Å². The molecule has 0 bridgehead atoms. The molecule has 1 aromatic rings. The molecule has 2 aliphatic heterocycles. The summed E-state index contributed by atoms with van der Waals surface area (Å²) in [5, 5.41) is 5.31. The number of imide groups is 1. The van der Waals surface area contributed by atoms with Gasteiger partial charge in [0.1, 0.15) is 5.54 Å². The van der Waals surface area contributed by atoms with Gasteiger partial charge in [-0.1, -0.05) is 19.4 Å². The summed E-state index contributed by atoms with van der Waals surface area (Å²) in [5.41, 5.74) is -1.14. The number of ether oxygens (including phenoxy) is 1. The molecule has 2 saturated heterocycles. The summed E-state index contributed by atoms with van der Waals surface area (Å²) in [5.74, 6) is -2.13. The Balaban J connectivity index is 2.11. The highest BCUT2D eigenvalue weighted by molar-refractivity contribution is 7.10.